The summed E-state index contributed by atoms with van der Waals surface area (Å²) in [5, 5.41) is 0. The molecule has 0 fully saturated rings. The van der Waals surface area contributed by atoms with Crippen LogP contribution in [0.2, 0.25) is 0 Å². The van der Waals surface area contributed by atoms with Crippen LogP contribution in [0.3, 0.4) is 0 Å². The molecule has 1 unspecified atom stereocenters. The monoisotopic (exact) mass is 259 g/mol. The fraction of sp³-hybridized carbons (Fsp3) is 0.667. The Bertz CT molecular complexity index is 371. The average molecular weight is 259 g/mol. The van der Waals surface area contributed by atoms with Gasteiger partial charge < -0.3 is 5.73 Å². The summed E-state index contributed by atoms with van der Waals surface area (Å²) in [6.07, 6.45) is 9.07. The van der Waals surface area contributed by atoms with E-state index in [4.69, 9.17) is 5.73 Å². The third-order valence-corrected chi connectivity index (χ3v) is 4.95. The van der Waals surface area contributed by atoms with E-state index in [9.17, 15) is 0 Å². The zero-order valence-corrected chi connectivity index (χ0v) is 12.6. The predicted molar refractivity (Wildman–Crippen MR) is 83.3 cm³/mol. The van der Waals surface area contributed by atoms with Crippen molar-refractivity contribution in [3.63, 3.8) is 0 Å². The van der Waals surface area contributed by atoms with E-state index in [1.807, 2.05) is 0 Å². The van der Waals surface area contributed by atoms with Crippen molar-refractivity contribution in [1.29, 1.82) is 0 Å². The minimum absolute atomic E-state index is 0.345. The first-order chi connectivity index (χ1) is 9.23. The van der Waals surface area contributed by atoms with Crippen LogP contribution in [-0.2, 0) is 12.8 Å². The molecule has 1 aliphatic carbocycles. The highest BCUT2D eigenvalue weighted by atomic mass is 14.6. The highest BCUT2D eigenvalue weighted by molar-refractivity contribution is 5.34. The Labute approximate surface area is 118 Å². The van der Waals surface area contributed by atoms with E-state index in [2.05, 4.69) is 38.1 Å². The number of hydrogen-bond donors (Lipinski definition) is 1. The molecule has 0 aliphatic heterocycles. The molecule has 1 aliphatic rings. The van der Waals surface area contributed by atoms with Crippen molar-refractivity contribution in [2.24, 2.45) is 17.1 Å². The largest absolute Gasteiger partial charge is 0.330 e. The molecule has 1 nitrogen and oxygen atoms in total. The molecular weight excluding hydrogens is 230 g/mol. The molecule has 0 bridgehead atoms. The lowest BCUT2D eigenvalue weighted by molar-refractivity contribution is 0.220. The minimum Gasteiger partial charge on any atom is -0.330 e. The van der Waals surface area contributed by atoms with Crippen LogP contribution in [0.1, 0.15) is 57.1 Å². The summed E-state index contributed by atoms with van der Waals surface area (Å²) in [6, 6.07) is 8.92. The second kappa shape index (κ2) is 6.56. The standard InChI is InChI=1S/C18H29N/c1-3-5-8-15(4-2)11-18(14-19)12-16-9-6-7-10-17(16)13-18/h6-7,9-10,15H,3-5,8,11-14,19H2,1-2H3. The summed E-state index contributed by atoms with van der Waals surface area (Å²) < 4.78 is 0. The van der Waals surface area contributed by atoms with Gasteiger partial charge in [0.15, 0.2) is 0 Å². The molecule has 2 rings (SSSR count). The second-order valence-corrected chi connectivity index (χ2v) is 6.45. The summed E-state index contributed by atoms with van der Waals surface area (Å²) in [6.45, 7) is 5.47. The predicted octanol–water partition coefficient (Wildman–Crippen LogP) is 4.34. The van der Waals surface area contributed by atoms with E-state index in [-0.39, 0.29) is 0 Å². The lowest BCUT2D eigenvalue weighted by Gasteiger charge is -2.31. The van der Waals surface area contributed by atoms with E-state index < -0.39 is 0 Å². The van der Waals surface area contributed by atoms with Gasteiger partial charge in [-0.3, -0.25) is 0 Å². The summed E-state index contributed by atoms with van der Waals surface area (Å²) in [7, 11) is 0. The van der Waals surface area contributed by atoms with Crippen molar-refractivity contribution in [3.8, 4) is 0 Å². The zero-order chi connectivity index (χ0) is 13.7. The van der Waals surface area contributed by atoms with E-state index in [0.717, 1.165) is 12.5 Å². The van der Waals surface area contributed by atoms with Gasteiger partial charge in [-0.25, -0.2) is 0 Å². The van der Waals surface area contributed by atoms with Crippen molar-refractivity contribution < 1.29 is 0 Å². The van der Waals surface area contributed by atoms with E-state index in [1.54, 1.807) is 11.1 Å². The van der Waals surface area contributed by atoms with Gasteiger partial charge in [0.2, 0.25) is 0 Å². The van der Waals surface area contributed by atoms with Crippen LogP contribution in [0, 0.1) is 11.3 Å². The van der Waals surface area contributed by atoms with E-state index in [0.29, 0.717) is 5.41 Å². The summed E-state index contributed by atoms with van der Waals surface area (Å²) in [5.41, 5.74) is 9.61. The number of hydrogen-bond acceptors (Lipinski definition) is 1. The van der Waals surface area contributed by atoms with Crippen LogP contribution in [-0.4, -0.2) is 6.54 Å². The first-order valence-corrected chi connectivity index (χ1v) is 8.00. The number of unbranched alkanes of at least 4 members (excludes halogenated alkanes) is 1. The molecule has 106 valence electrons. The molecule has 0 saturated heterocycles. The van der Waals surface area contributed by atoms with Crippen molar-refractivity contribution in [1.82, 2.24) is 0 Å². The molecular formula is C18H29N. The molecule has 0 radical (unpaired) electrons. The maximum atomic E-state index is 6.18. The van der Waals surface area contributed by atoms with Crippen LogP contribution in [0.4, 0.5) is 0 Å². The third-order valence-electron chi connectivity index (χ3n) is 4.95. The molecule has 1 atom stereocenters. The van der Waals surface area contributed by atoms with Gasteiger partial charge in [0.25, 0.3) is 0 Å². The van der Waals surface area contributed by atoms with Crippen molar-refractivity contribution in [2.45, 2.75) is 58.8 Å². The van der Waals surface area contributed by atoms with E-state index in [1.165, 1.54) is 44.9 Å². The average Bonchev–Trinajstić information content (AvgIpc) is 2.82. The summed E-state index contributed by atoms with van der Waals surface area (Å²) in [4.78, 5) is 0. The van der Waals surface area contributed by atoms with Gasteiger partial charge in [0.1, 0.15) is 0 Å². The lowest BCUT2D eigenvalue weighted by Crippen LogP contribution is -2.33. The fourth-order valence-corrected chi connectivity index (χ4v) is 3.70. The minimum atomic E-state index is 0.345. The molecule has 0 heterocycles. The maximum absolute atomic E-state index is 6.18. The van der Waals surface area contributed by atoms with Crippen molar-refractivity contribution >= 4 is 0 Å². The third kappa shape index (κ3) is 3.39. The highest BCUT2D eigenvalue weighted by Gasteiger charge is 2.37. The van der Waals surface area contributed by atoms with Crippen molar-refractivity contribution in [3.05, 3.63) is 35.4 Å². The normalized spacial score (nSPS) is 18.3. The van der Waals surface area contributed by atoms with Gasteiger partial charge in [-0.05, 0) is 48.3 Å². The smallest absolute Gasteiger partial charge is 0.00140 e. The number of benzene rings is 1. The molecule has 0 amide bonds. The highest BCUT2D eigenvalue weighted by Crippen LogP contribution is 2.42. The van der Waals surface area contributed by atoms with Crippen molar-refractivity contribution in [2.75, 3.05) is 6.54 Å². The molecule has 1 aromatic carbocycles. The molecule has 0 aromatic heterocycles. The molecule has 2 N–H and O–H groups in total. The van der Waals surface area contributed by atoms with E-state index >= 15 is 0 Å². The molecule has 1 heteroatoms. The summed E-state index contributed by atoms with van der Waals surface area (Å²) in [5.74, 6) is 0.859. The Hall–Kier alpha value is -0.820. The second-order valence-electron chi connectivity index (χ2n) is 6.45. The van der Waals surface area contributed by atoms with Crippen LogP contribution < -0.4 is 5.73 Å². The zero-order valence-electron chi connectivity index (χ0n) is 12.6. The Kier molecular flexibility index (Phi) is 5.04. The summed E-state index contributed by atoms with van der Waals surface area (Å²) >= 11 is 0. The van der Waals surface area contributed by atoms with Gasteiger partial charge in [-0.2, -0.15) is 0 Å². The molecule has 19 heavy (non-hydrogen) atoms. The Balaban J connectivity index is 2.05. The van der Waals surface area contributed by atoms with Crippen LogP contribution in [0.15, 0.2) is 24.3 Å². The SMILES string of the molecule is CCCCC(CC)CC1(CN)Cc2ccccc2C1. The first kappa shape index (κ1) is 14.6. The molecule has 0 spiro atoms. The Morgan fingerprint density at radius 1 is 1.16 bits per heavy atom. The van der Waals surface area contributed by atoms with Crippen LogP contribution in [0.25, 0.3) is 0 Å². The Morgan fingerprint density at radius 3 is 2.26 bits per heavy atom. The van der Waals surface area contributed by atoms with Gasteiger partial charge in [-0.15, -0.1) is 0 Å². The quantitative estimate of drug-likeness (QED) is 0.774. The number of nitrogens with two attached hydrogens (primary N) is 1. The fourth-order valence-electron chi connectivity index (χ4n) is 3.70. The number of rotatable bonds is 7. The molecule has 1 aromatic rings. The first-order valence-electron chi connectivity index (χ1n) is 8.00. The number of fused-ring (bicyclic) bond motifs is 1. The topological polar surface area (TPSA) is 26.0 Å². The maximum Gasteiger partial charge on any atom is -0.00140 e. The molecule has 0 saturated carbocycles. The Morgan fingerprint density at radius 2 is 1.79 bits per heavy atom. The van der Waals surface area contributed by atoms with Gasteiger partial charge in [0.05, 0.1) is 0 Å². The van der Waals surface area contributed by atoms with Gasteiger partial charge >= 0.3 is 0 Å². The van der Waals surface area contributed by atoms with Crippen LogP contribution >= 0.6 is 0 Å². The van der Waals surface area contributed by atoms with Gasteiger partial charge in [-0.1, -0.05) is 63.8 Å². The lowest BCUT2D eigenvalue weighted by atomic mass is 9.75. The van der Waals surface area contributed by atoms with Gasteiger partial charge in [0, 0.05) is 0 Å². The van der Waals surface area contributed by atoms with Crippen LogP contribution in [0.5, 0.6) is 0 Å².